The fourth-order valence-electron chi connectivity index (χ4n) is 1.92. The molecule has 1 heterocycles. The van der Waals surface area contributed by atoms with Crippen molar-refractivity contribution in [3.8, 4) is 0 Å². The van der Waals surface area contributed by atoms with E-state index in [-0.39, 0.29) is 12.5 Å². The number of para-hydroxylation sites is 1. The molecule has 0 bridgehead atoms. The van der Waals surface area contributed by atoms with Gasteiger partial charge in [0.25, 0.3) is 0 Å². The van der Waals surface area contributed by atoms with Crippen LogP contribution in [0.25, 0.3) is 11.0 Å². The third-order valence-corrected chi connectivity index (χ3v) is 3.78. The summed E-state index contributed by atoms with van der Waals surface area (Å²) in [5.41, 5.74) is 6.28. The highest BCUT2D eigenvalue weighted by atomic mass is 32.2. The fourth-order valence-corrected chi connectivity index (χ4v) is 2.41. The van der Waals surface area contributed by atoms with Crippen LogP contribution in [-0.2, 0) is 11.3 Å². The van der Waals surface area contributed by atoms with E-state index in [1.54, 1.807) is 30.0 Å². The number of fused-ring (bicyclic) bond motifs is 1. The van der Waals surface area contributed by atoms with Crippen LogP contribution in [0.2, 0.25) is 0 Å². The highest BCUT2D eigenvalue weighted by molar-refractivity contribution is 7.98. The Morgan fingerprint density at radius 3 is 2.95 bits per heavy atom. The van der Waals surface area contributed by atoms with Crippen LogP contribution in [0.3, 0.4) is 0 Å². The van der Waals surface area contributed by atoms with Gasteiger partial charge in [0.15, 0.2) is 0 Å². The summed E-state index contributed by atoms with van der Waals surface area (Å²) >= 11 is 1.64. The first-order chi connectivity index (χ1) is 10.1. The molecule has 1 aromatic heterocycles. The van der Waals surface area contributed by atoms with Crippen LogP contribution in [0.15, 0.2) is 39.5 Å². The van der Waals surface area contributed by atoms with Gasteiger partial charge in [-0.3, -0.25) is 4.79 Å². The van der Waals surface area contributed by atoms with Gasteiger partial charge in [0.1, 0.15) is 5.58 Å². The highest BCUT2D eigenvalue weighted by Crippen LogP contribution is 2.12. The smallest absolute Gasteiger partial charge is 0.341 e. The monoisotopic (exact) mass is 306 g/mol. The van der Waals surface area contributed by atoms with E-state index >= 15 is 0 Å². The third-order valence-electron chi connectivity index (χ3n) is 3.14. The molecule has 112 valence electrons. The Morgan fingerprint density at radius 1 is 1.43 bits per heavy atom. The molecule has 0 spiro atoms. The minimum Gasteiger partial charge on any atom is -0.422 e. The van der Waals surface area contributed by atoms with Gasteiger partial charge in [0.05, 0.1) is 18.2 Å². The SMILES string of the molecule is CSCC[C@H](N)C(=O)NCc1cc2ccccc2oc1=O. The van der Waals surface area contributed by atoms with Crippen molar-refractivity contribution in [1.29, 1.82) is 0 Å². The van der Waals surface area contributed by atoms with E-state index in [1.165, 1.54) is 0 Å². The van der Waals surface area contributed by atoms with Gasteiger partial charge in [-0.1, -0.05) is 18.2 Å². The Hall–Kier alpha value is -1.79. The van der Waals surface area contributed by atoms with Crippen molar-refractivity contribution in [3.05, 3.63) is 46.3 Å². The van der Waals surface area contributed by atoms with E-state index in [2.05, 4.69) is 5.32 Å². The van der Waals surface area contributed by atoms with E-state index in [1.807, 2.05) is 18.4 Å². The second-order valence-electron chi connectivity index (χ2n) is 4.70. The molecule has 0 unspecified atom stereocenters. The molecule has 0 aliphatic rings. The van der Waals surface area contributed by atoms with Gasteiger partial charge >= 0.3 is 5.63 Å². The maximum Gasteiger partial charge on any atom is 0.341 e. The van der Waals surface area contributed by atoms with E-state index in [0.717, 1.165) is 11.1 Å². The van der Waals surface area contributed by atoms with Crippen molar-refractivity contribution in [2.75, 3.05) is 12.0 Å². The van der Waals surface area contributed by atoms with Crippen molar-refractivity contribution >= 4 is 28.6 Å². The lowest BCUT2D eigenvalue weighted by Gasteiger charge is -2.11. The van der Waals surface area contributed by atoms with Crippen LogP contribution >= 0.6 is 11.8 Å². The number of nitrogens with two attached hydrogens (primary N) is 1. The minimum atomic E-state index is -0.551. The number of amides is 1. The molecule has 21 heavy (non-hydrogen) atoms. The van der Waals surface area contributed by atoms with Crippen LogP contribution in [0, 0.1) is 0 Å². The summed E-state index contributed by atoms with van der Waals surface area (Å²) in [4.78, 5) is 23.7. The Kier molecular flexibility index (Phi) is 5.41. The zero-order valence-corrected chi connectivity index (χ0v) is 12.6. The Bertz CT molecular complexity index is 684. The molecule has 2 rings (SSSR count). The molecule has 2 aromatic rings. The number of rotatable bonds is 6. The van der Waals surface area contributed by atoms with Crippen LogP contribution in [-0.4, -0.2) is 24.0 Å². The molecule has 0 aliphatic heterocycles. The molecule has 0 aliphatic carbocycles. The van der Waals surface area contributed by atoms with Gasteiger partial charge in [-0.2, -0.15) is 11.8 Å². The van der Waals surface area contributed by atoms with Crippen molar-refractivity contribution in [1.82, 2.24) is 5.32 Å². The van der Waals surface area contributed by atoms with Gasteiger partial charge in [0.2, 0.25) is 5.91 Å². The first kappa shape index (κ1) is 15.6. The normalized spacial score (nSPS) is 12.3. The fraction of sp³-hybridized carbons (Fsp3) is 0.333. The number of carbonyl (C=O) groups is 1. The first-order valence-electron chi connectivity index (χ1n) is 6.66. The Morgan fingerprint density at radius 2 is 2.19 bits per heavy atom. The molecule has 0 saturated heterocycles. The zero-order valence-electron chi connectivity index (χ0n) is 11.8. The van der Waals surface area contributed by atoms with E-state index in [4.69, 9.17) is 10.2 Å². The predicted octanol–water partition coefficient (Wildman–Crippen LogP) is 1.49. The number of carbonyl (C=O) groups excluding carboxylic acids is 1. The van der Waals surface area contributed by atoms with Crippen molar-refractivity contribution in [3.63, 3.8) is 0 Å². The van der Waals surface area contributed by atoms with Crippen molar-refractivity contribution in [2.24, 2.45) is 5.73 Å². The second-order valence-corrected chi connectivity index (χ2v) is 5.69. The summed E-state index contributed by atoms with van der Waals surface area (Å²) in [5, 5.41) is 3.51. The van der Waals surface area contributed by atoms with Gasteiger partial charge in [-0.15, -0.1) is 0 Å². The number of hydrogen-bond acceptors (Lipinski definition) is 5. The summed E-state index contributed by atoms with van der Waals surface area (Å²) in [6.45, 7) is 0.124. The molecule has 3 N–H and O–H groups in total. The van der Waals surface area contributed by atoms with Gasteiger partial charge in [-0.25, -0.2) is 4.79 Å². The predicted molar refractivity (Wildman–Crippen MR) is 85.3 cm³/mol. The molecule has 0 fully saturated rings. The number of hydrogen-bond donors (Lipinski definition) is 2. The molecule has 1 aromatic carbocycles. The van der Waals surface area contributed by atoms with Crippen LogP contribution in [0.5, 0.6) is 0 Å². The lowest BCUT2D eigenvalue weighted by atomic mass is 10.2. The van der Waals surface area contributed by atoms with E-state index in [0.29, 0.717) is 17.6 Å². The summed E-state index contributed by atoms with van der Waals surface area (Å²) < 4.78 is 5.21. The lowest BCUT2D eigenvalue weighted by Crippen LogP contribution is -2.41. The average Bonchev–Trinajstić information content (AvgIpc) is 2.50. The Balaban J connectivity index is 2.05. The quantitative estimate of drug-likeness (QED) is 0.790. The summed E-state index contributed by atoms with van der Waals surface area (Å²) in [7, 11) is 0. The van der Waals surface area contributed by atoms with Crippen molar-refractivity contribution in [2.45, 2.75) is 19.0 Å². The second kappa shape index (κ2) is 7.28. The van der Waals surface area contributed by atoms with E-state index in [9.17, 15) is 9.59 Å². The third kappa shape index (κ3) is 4.09. The topological polar surface area (TPSA) is 85.3 Å². The van der Waals surface area contributed by atoms with Gasteiger partial charge in [0, 0.05) is 5.39 Å². The number of benzene rings is 1. The molecule has 0 radical (unpaired) electrons. The number of thioether (sulfide) groups is 1. The average molecular weight is 306 g/mol. The number of nitrogens with one attached hydrogen (secondary N) is 1. The molecular formula is C15H18N2O3S. The maximum absolute atomic E-state index is 11.8. The molecule has 1 atom stereocenters. The first-order valence-corrected chi connectivity index (χ1v) is 8.05. The van der Waals surface area contributed by atoms with Crippen LogP contribution < -0.4 is 16.7 Å². The molecular weight excluding hydrogens is 288 g/mol. The van der Waals surface area contributed by atoms with Crippen LogP contribution in [0.4, 0.5) is 0 Å². The summed E-state index contributed by atoms with van der Waals surface area (Å²) in [5.74, 6) is 0.573. The van der Waals surface area contributed by atoms with Gasteiger partial charge < -0.3 is 15.5 Å². The Labute approximate surface area is 126 Å². The summed E-state index contributed by atoms with van der Waals surface area (Å²) in [6, 6.07) is 8.44. The van der Waals surface area contributed by atoms with Crippen LogP contribution in [0.1, 0.15) is 12.0 Å². The molecule has 0 saturated carbocycles. The molecule has 6 heteroatoms. The molecule has 5 nitrogen and oxygen atoms in total. The van der Waals surface area contributed by atoms with Crippen molar-refractivity contribution < 1.29 is 9.21 Å². The standard InChI is InChI=1S/C15H18N2O3S/c1-21-7-6-12(16)14(18)17-9-11-8-10-4-2-3-5-13(10)20-15(11)19/h2-5,8,12H,6-7,9,16H2,1H3,(H,17,18)/t12-/m0/s1. The maximum atomic E-state index is 11.8. The summed E-state index contributed by atoms with van der Waals surface area (Å²) in [6.07, 6.45) is 2.57. The van der Waals surface area contributed by atoms with E-state index < -0.39 is 11.7 Å². The zero-order chi connectivity index (χ0) is 15.2. The lowest BCUT2D eigenvalue weighted by molar-refractivity contribution is -0.122. The van der Waals surface area contributed by atoms with Gasteiger partial charge in [-0.05, 0) is 30.6 Å². The minimum absolute atomic E-state index is 0.124. The molecule has 1 amide bonds. The highest BCUT2D eigenvalue weighted by Gasteiger charge is 2.13. The largest absolute Gasteiger partial charge is 0.422 e.